The van der Waals surface area contributed by atoms with Gasteiger partial charge in [0.25, 0.3) is 0 Å². The molecule has 1 aliphatic heterocycles. The Morgan fingerprint density at radius 2 is 2.42 bits per heavy atom. The molecule has 0 saturated carbocycles. The molecule has 7 heteroatoms. The van der Waals surface area contributed by atoms with Gasteiger partial charge in [0.2, 0.25) is 0 Å². The average Bonchev–Trinajstić information content (AvgIpc) is 2.74. The highest BCUT2D eigenvalue weighted by Gasteiger charge is 2.35. The monoisotopic (exact) mass is 286 g/mol. The number of carbonyl (C=O) groups is 1. The van der Waals surface area contributed by atoms with Crippen molar-refractivity contribution in [3.63, 3.8) is 0 Å². The average molecular weight is 286 g/mol. The van der Waals surface area contributed by atoms with Gasteiger partial charge in [-0.05, 0) is 25.7 Å². The predicted molar refractivity (Wildman–Crippen MR) is 75.9 cm³/mol. The molecular weight excluding hydrogens is 264 g/mol. The fourth-order valence-corrected chi connectivity index (χ4v) is 4.09. The lowest BCUT2D eigenvalue weighted by molar-refractivity contribution is 0.0720. The van der Waals surface area contributed by atoms with Crippen molar-refractivity contribution in [1.82, 2.24) is 10.4 Å². The van der Waals surface area contributed by atoms with Gasteiger partial charge in [-0.3, -0.25) is 0 Å². The molecule has 5 N–H and O–H groups in total. The summed E-state index contributed by atoms with van der Waals surface area (Å²) in [6.45, 7) is 3.90. The topological polar surface area (TPSA) is 93.6 Å². The maximum atomic E-state index is 10.6. The zero-order valence-electron chi connectivity index (χ0n) is 11.2. The van der Waals surface area contributed by atoms with Gasteiger partial charge in [-0.15, -0.1) is 17.2 Å². The number of thioether (sulfide) groups is 1. The molecule has 0 spiro atoms. The Morgan fingerprint density at radius 1 is 1.63 bits per heavy atom. The van der Waals surface area contributed by atoms with E-state index in [0.29, 0.717) is 11.9 Å². The summed E-state index contributed by atoms with van der Waals surface area (Å²) in [5.74, 6) is 0. The SMILES string of the molecule is CCCN1C2=C(CC(NOC(N)=O)CC2)SC1CN. The van der Waals surface area contributed by atoms with E-state index < -0.39 is 6.09 Å². The molecule has 1 heterocycles. The van der Waals surface area contributed by atoms with Crippen LogP contribution < -0.4 is 16.9 Å². The van der Waals surface area contributed by atoms with Gasteiger partial charge in [-0.2, -0.15) is 0 Å². The van der Waals surface area contributed by atoms with Crippen molar-refractivity contribution in [2.24, 2.45) is 11.5 Å². The summed E-state index contributed by atoms with van der Waals surface area (Å²) >= 11 is 1.85. The molecule has 0 aromatic heterocycles. The van der Waals surface area contributed by atoms with Crippen LogP contribution in [0.1, 0.15) is 32.6 Å². The predicted octanol–water partition coefficient (Wildman–Crippen LogP) is 1.09. The zero-order chi connectivity index (χ0) is 13.8. The summed E-state index contributed by atoms with van der Waals surface area (Å²) in [6, 6.07) is 0.152. The summed E-state index contributed by atoms with van der Waals surface area (Å²) in [4.78, 5) is 19.1. The number of primary amides is 1. The van der Waals surface area contributed by atoms with Crippen LogP contribution in [0.5, 0.6) is 0 Å². The summed E-state index contributed by atoms with van der Waals surface area (Å²) in [5.41, 5.74) is 15.0. The molecule has 2 aliphatic rings. The molecule has 1 amide bonds. The number of nitrogens with one attached hydrogen (secondary N) is 1. The van der Waals surface area contributed by atoms with E-state index in [1.807, 2.05) is 11.8 Å². The first-order valence-corrected chi connectivity index (χ1v) is 7.60. The second kappa shape index (κ2) is 6.49. The zero-order valence-corrected chi connectivity index (χ0v) is 12.0. The number of nitrogens with two attached hydrogens (primary N) is 2. The van der Waals surface area contributed by atoms with E-state index in [0.717, 1.165) is 32.2 Å². The highest BCUT2D eigenvalue weighted by molar-refractivity contribution is 8.03. The normalized spacial score (nSPS) is 26.5. The molecule has 2 unspecified atom stereocenters. The fourth-order valence-electron chi connectivity index (χ4n) is 2.65. The van der Waals surface area contributed by atoms with Crippen molar-refractivity contribution in [3.05, 3.63) is 10.6 Å². The van der Waals surface area contributed by atoms with Crippen LogP contribution in [0, 0.1) is 0 Å². The van der Waals surface area contributed by atoms with Crippen LogP contribution in [-0.2, 0) is 4.84 Å². The lowest BCUT2D eigenvalue weighted by Gasteiger charge is -2.30. The number of allylic oxidation sites excluding steroid dienone is 1. The van der Waals surface area contributed by atoms with Crippen molar-refractivity contribution in [1.29, 1.82) is 0 Å². The van der Waals surface area contributed by atoms with Crippen LogP contribution in [0.2, 0.25) is 0 Å². The molecule has 1 aliphatic carbocycles. The number of rotatable bonds is 5. The summed E-state index contributed by atoms with van der Waals surface area (Å²) in [7, 11) is 0. The van der Waals surface area contributed by atoms with Crippen LogP contribution in [-0.4, -0.2) is 35.5 Å². The maximum Gasteiger partial charge on any atom is 0.423 e. The Morgan fingerprint density at radius 3 is 3.05 bits per heavy atom. The first kappa shape index (κ1) is 14.5. The molecule has 2 atom stereocenters. The third-order valence-corrected chi connectivity index (χ3v) is 4.85. The number of hydroxylamine groups is 1. The molecule has 0 bridgehead atoms. The summed E-state index contributed by atoms with van der Waals surface area (Å²) < 4.78 is 0. The molecule has 0 fully saturated rings. The minimum absolute atomic E-state index is 0.152. The standard InChI is InChI=1S/C12H22N4O2S/c1-2-5-16-9-4-3-8(15-18-12(14)17)6-10(9)19-11(16)7-13/h8,11,15H,2-7,13H2,1H3,(H2,14,17). The van der Waals surface area contributed by atoms with Crippen molar-refractivity contribution in [2.45, 2.75) is 44.0 Å². The largest absolute Gasteiger partial charge is 0.423 e. The third kappa shape index (κ3) is 3.34. The molecule has 2 rings (SSSR count). The molecule has 19 heavy (non-hydrogen) atoms. The second-order valence-corrected chi connectivity index (χ2v) is 6.12. The minimum atomic E-state index is -0.786. The van der Waals surface area contributed by atoms with Gasteiger partial charge in [-0.25, -0.2) is 4.79 Å². The van der Waals surface area contributed by atoms with E-state index in [-0.39, 0.29) is 6.04 Å². The van der Waals surface area contributed by atoms with Crippen LogP contribution in [0.4, 0.5) is 4.79 Å². The Bertz CT molecular complexity index is 375. The van der Waals surface area contributed by atoms with Crippen LogP contribution in [0.15, 0.2) is 10.6 Å². The van der Waals surface area contributed by atoms with Crippen LogP contribution in [0.25, 0.3) is 0 Å². The van der Waals surface area contributed by atoms with Gasteiger partial charge >= 0.3 is 6.09 Å². The van der Waals surface area contributed by atoms with Gasteiger partial charge in [0, 0.05) is 29.7 Å². The minimum Gasteiger partial charge on any atom is -0.361 e. The molecule has 0 aromatic rings. The molecule has 6 nitrogen and oxygen atoms in total. The van der Waals surface area contributed by atoms with Gasteiger partial charge in [-0.1, -0.05) is 6.92 Å². The van der Waals surface area contributed by atoms with Gasteiger partial charge in [0.1, 0.15) is 0 Å². The number of hydrogen-bond acceptors (Lipinski definition) is 6. The maximum absolute atomic E-state index is 10.6. The van der Waals surface area contributed by atoms with E-state index in [9.17, 15) is 4.79 Å². The first-order chi connectivity index (χ1) is 9.15. The lowest BCUT2D eigenvalue weighted by atomic mass is 9.98. The molecule has 0 aromatic carbocycles. The van der Waals surface area contributed by atoms with E-state index >= 15 is 0 Å². The van der Waals surface area contributed by atoms with Crippen molar-refractivity contribution in [2.75, 3.05) is 13.1 Å². The first-order valence-electron chi connectivity index (χ1n) is 6.72. The fraction of sp³-hybridized carbons (Fsp3) is 0.750. The molecule has 0 saturated heterocycles. The van der Waals surface area contributed by atoms with Gasteiger partial charge < -0.3 is 21.2 Å². The highest BCUT2D eigenvalue weighted by atomic mass is 32.2. The quantitative estimate of drug-likeness (QED) is 0.655. The number of carbonyl (C=O) groups excluding carboxylic acids is 1. The van der Waals surface area contributed by atoms with E-state index in [2.05, 4.69) is 22.1 Å². The van der Waals surface area contributed by atoms with E-state index in [1.54, 1.807) is 0 Å². The number of nitrogens with zero attached hydrogens (tertiary/aromatic N) is 1. The van der Waals surface area contributed by atoms with E-state index in [1.165, 1.54) is 10.6 Å². The Kier molecular flexibility index (Phi) is 4.95. The molecule has 108 valence electrons. The van der Waals surface area contributed by atoms with Crippen LogP contribution >= 0.6 is 11.8 Å². The summed E-state index contributed by atoms with van der Waals surface area (Å²) in [5, 5.41) is 0.362. The lowest BCUT2D eigenvalue weighted by Crippen LogP contribution is -2.37. The Hall–Kier alpha value is -0.920. The van der Waals surface area contributed by atoms with Crippen LogP contribution in [0.3, 0.4) is 0 Å². The number of hydrogen-bond donors (Lipinski definition) is 3. The van der Waals surface area contributed by atoms with E-state index in [4.69, 9.17) is 11.5 Å². The Balaban J connectivity index is 1.97. The number of amides is 1. The van der Waals surface area contributed by atoms with Gasteiger partial charge in [0.15, 0.2) is 0 Å². The molecular formula is C12H22N4O2S. The van der Waals surface area contributed by atoms with Crippen molar-refractivity contribution < 1.29 is 9.63 Å². The van der Waals surface area contributed by atoms with Gasteiger partial charge in [0.05, 0.1) is 5.37 Å². The third-order valence-electron chi connectivity index (χ3n) is 3.45. The second-order valence-electron chi connectivity index (χ2n) is 4.85. The Labute approximate surface area is 117 Å². The smallest absolute Gasteiger partial charge is 0.361 e. The highest BCUT2D eigenvalue weighted by Crippen LogP contribution is 2.45. The summed E-state index contributed by atoms with van der Waals surface area (Å²) in [6.07, 6.45) is 3.17. The molecule has 0 radical (unpaired) electrons. The van der Waals surface area contributed by atoms with Crippen molar-refractivity contribution >= 4 is 17.9 Å². The van der Waals surface area contributed by atoms with Crippen molar-refractivity contribution in [3.8, 4) is 0 Å².